The van der Waals surface area contributed by atoms with Gasteiger partial charge in [0, 0.05) is 22.8 Å². The van der Waals surface area contributed by atoms with E-state index in [1.165, 1.54) is 6.07 Å². The summed E-state index contributed by atoms with van der Waals surface area (Å²) in [5.74, 6) is -1.05. The number of carbonyl (C=O) groups is 2. The van der Waals surface area contributed by atoms with E-state index < -0.39 is 10.8 Å². The van der Waals surface area contributed by atoms with Gasteiger partial charge in [-0.15, -0.1) is 0 Å². The first-order valence-electron chi connectivity index (χ1n) is 6.04. The maximum absolute atomic E-state index is 12.4. The van der Waals surface area contributed by atoms with E-state index in [9.17, 15) is 19.7 Å². The average molecular weight is 270 g/mol. The van der Waals surface area contributed by atoms with Gasteiger partial charge < -0.3 is 5.73 Å². The van der Waals surface area contributed by atoms with Crippen LogP contribution in [0.4, 0.5) is 11.4 Å². The summed E-state index contributed by atoms with van der Waals surface area (Å²) >= 11 is 0. The zero-order valence-electron chi connectivity index (χ0n) is 10.3. The quantitative estimate of drug-likeness (QED) is 0.478. The first kappa shape index (κ1) is 12.3. The molecule has 2 aliphatic carbocycles. The largest absolute Gasteiger partial charge is 0.393 e. The van der Waals surface area contributed by atoms with Gasteiger partial charge in [-0.25, -0.2) is 0 Å². The molecule has 1 aromatic carbocycles. The minimum absolute atomic E-state index is 0.0636. The molecule has 1 atom stereocenters. The van der Waals surface area contributed by atoms with Gasteiger partial charge in [0.2, 0.25) is 0 Å². The smallest absolute Gasteiger partial charge is 0.292 e. The third-order valence-electron chi connectivity index (χ3n) is 3.61. The molecule has 6 heteroatoms. The Morgan fingerprint density at radius 3 is 2.70 bits per heavy atom. The van der Waals surface area contributed by atoms with Gasteiger partial charge in [-0.05, 0) is 12.5 Å². The molecule has 0 aromatic heterocycles. The highest BCUT2D eigenvalue weighted by molar-refractivity contribution is 6.24. The van der Waals surface area contributed by atoms with Gasteiger partial charge in [-0.3, -0.25) is 19.7 Å². The van der Waals surface area contributed by atoms with E-state index in [2.05, 4.69) is 0 Å². The predicted octanol–water partition coefficient (Wildman–Crippen LogP) is 2.06. The molecule has 0 bridgehead atoms. The summed E-state index contributed by atoms with van der Waals surface area (Å²) in [5.41, 5.74) is 5.77. The second-order valence-electron chi connectivity index (χ2n) is 4.75. The minimum atomic E-state index is -0.658. The van der Waals surface area contributed by atoms with Gasteiger partial charge >= 0.3 is 0 Å². The summed E-state index contributed by atoms with van der Waals surface area (Å²) < 4.78 is 0. The molecule has 2 N–H and O–H groups in total. The van der Waals surface area contributed by atoms with Crippen LogP contribution >= 0.6 is 0 Å². The Labute approximate surface area is 113 Å². The van der Waals surface area contributed by atoms with Crippen molar-refractivity contribution in [3.05, 3.63) is 57.2 Å². The monoisotopic (exact) mass is 270 g/mol. The standard InChI is InChI=1S/C14H10N2O4/c15-11-5-9-10(6-12(11)16(19)20)14(18)8-4-2-1-3-7(8)13(9)17/h1-2,4-7H,3,15H2. The lowest BCUT2D eigenvalue weighted by Gasteiger charge is -2.26. The molecule has 20 heavy (non-hydrogen) atoms. The lowest BCUT2D eigenvalue weighted by atomic mass is 9.74. The van der Waals surface area contributed by atoms with Gasteiger partial charge in [0.1, 0.15) is 5.69 Å². The summed E-state index contributed by atoms with van der Waals surface area (Å²) in [6.45, 7) is 0. The van der Waals surface area contributed by atoms with Gasteiger partial charge in [-0.2, -0.15) is 0 Å². The van der Waals surface area contributed by atoms with E-state index in [0.29, 0.717) is 12.0 Å². The fraction of sp³-hybridized carbons (Fsp3) is 0.143. The van der Waals surface area contributed by atoms with Gasteiger partial charge in [0.25, 0.3) is 5.69 Å². The number of hydrogen-bond acceptors (Lipinski definition) is 5. The van der Waals surface area contributed by atoms with E-state index in [-0.39, 0.29) is 34.1 Å². The summed E-state index contributed by atoms with van der Waals surface area (Å²) in [6.07, 6.45) is 5.60. The van der Waals surface area contributed by atoms with Gasteiger partial charge in [-0.1, -0.05) is 18.2 Å². The molecule has 0 amide bonds. The molecule has 0 saturated heterocycles. The summed E-state index contributed by atoms with van der Waals surface area (Å²) in [7, 11) is 0. The van der Waals surface area contributed by atoms with Crippen LogP contribution in [0.25, 0.3) is 0 Å². The number of nitrogen functional groups attached to an aromatic ring is 1. The van der Waals surface area contributed by atoms with Crippen molar-refractivity contribution in [1.82, 2.24) is 0 Å². The van der Waals surface area contributed by atoms with E-state index >= 15 is 0 Å². The predicted molar refractivity (Wildman–Crippen MR) is 71.5 cm³/mol. The van der Waals surface area contributed by atoms with Gasteiger partial charge in [0.15, 0.2) is 11.6 Å². The number of allylic oxidation sites excluding steroid dienone is 4. The third kappa shape index (κ3) is 1.58. The molecular formula is C14H10N2O4. The maximum Gasteiger partial charge on any atom is 0.292 e. The van der Waals surface area contributed by atoms with Crippen LogP contribution in [0.1, 0.15) is 27.1 Å². The van der Waals surface area contributed by atoms with Crippen LogP contribution < -0.4 is 5.73 Å². The topological polar surface area (TPSA) is 103 Å². The Balaban J connectivity index is 2.25. The third-order valence-corrected chi connectivity index (χ3v) is 3.61. The van der Waals surface area contributed by atoms with Crippen LogP contribution in [-0.4, -0.2) is 16.5 Å². The van der Waals surface area contributed by atoms with Crippen molar-refractivity contribution in [3.63, 3.8) is 0 Å². The SMILES string of the molecule is Nc1cc2c(cc1[N+](=O)[O-])C(=O)C1=CC=CCC1C2=O. The fourth-order valence-corrected chi connectivity index (χ4v) is 2.61. The number of Topliss-reactive ketones (excluding diaryl/α,β-unsaturated/α-hetero) is 2. The summed E-state index contributed by atoms with van der Waals surface area (Å²) in [6, 6.07) is 2.34. The Morgan fingerprint density at radius 2 is 2.00 bits per heavy atom. The number of anilines is 1. The lowest BCUT2D eigenvalue weighted by Crippen LogP contribution is -2.30. The van der Waals surface area contributed by atoms with Crippen LogP contribution in [0.2, 0.25) is 0 Å². The molecule has 0 aliphatic heterocycles. The molecule has 0 spiro atoms. The maximum atomic E-state index is 12.4. The van der Waals surface area contributed by atoms with E-state index in [1.54, 1.807) is 12.2 Å². The molecule has 0 fully saturated rings. The van der Waals surface area contributed by atoms with Crippen molar-refractivity contribution in [1.29, 1.82) is 0 Å². The normalized spacial score (nSPS) is 20.2. The lowest BCUT2D eigenvalue weighted by molar-refractivity contribution is -0.383. The average Bonchev–Trinajstić information content (AvgIpc) is 2.44. The second-order valence-corrected chi connectivity index (χ2v) is 4.75. The molecule has 2 aliphatic rings. The molecule has 6 nitrogen and oxygen atoms in total. The second kappa shape index (κ2) is 4.12. The van der Waals surface area contributed by atoms with Crippen molar-refractivity contribution in [3.8, 4) is 0 Å². The number of benzene rings is 1. The first-order chi connectivity index (χ1) is 9.50. The number of hydrogen-bond donors (Lipinski definition) is 1. The van der Waals surface area contributed by atoms with E-state index in [1.807, 2.05) is 6.08 Å². The highest BCUT2D eigenvalue weighted by Gasteiger charge is 2.38. The van der Waals surface area contributed by atoms with Crippen molar-refractivity contribution < 1.29 is 14.5 Å². The van der Waals surface area contributed by atoms with Crippen molar-refractivity contribution >= 4 is 22.9 Å². The molecular weight excluding hydrogens is 260 g/mol. The fourth-order valence-electron chi connectivity index (χ4n) is 2.61. The molecule has 1 aromatic rings. The molecule has 0 saturated carbocycles. The Bertz CT molecular complexity index is 731. The van der Waals surface area contributed by atoms with Crippen molar-refractivity contribution in [2.75, 3.05) is 5.73 Å². The van der Waals surface area contributed by atoms with Crippen LogP contribution in [0, 0.1) is 16.0 Å². The van der Waals surface area contributed by atoms with Crippen LogP contribution in [0.3, 0.4) is 0 Å². The number of nitro groups is 1. The number of fused-ring (bicyclic) bond motifs is 2. The highest BCUT2D eigenvalue weighted by Crippen LogP contribution is 2.37. The minimum Gasteiger partial charge on any atom is -0.393 e. The number of ketones is 2. The Hall–Kier alpha value is -2.76. The van der Waals surface area contributed by atoms with Gasteiger partial charge in [0.05, 0.1) is 10.8 Å². The van der Waals surface area contributed by atoms with Crippen molar-refractivity contribution in [2.45, 2.75) is 6.42 Å². The first-order valence-corrected chi connectivity index (χ1v) is 6.04. The summed E-state index contributed by atoms with van der Waals surface area (Å²) in [4.78, 5) is 35.0. The molecule has 0 radical (unpaired) electrons. The van der Waals surface area contributed by atoms with E-state index in [4.69, 9.17) is 5.73 Å². The van der Waals surface area contributed by atoms with Crippen molar-refractivity contribution in [2.24, 2.45) is 5.92 Å². The Kier molecular flexibility index (Phi) is 2.53. The summed E-state index contributed by atoms with van der Waals surface area (Å²) in [5, 5.41) is 10.9. The number of nitro benzene ring substituents is 1. The number of nitrogens with two attached hydrogens (primary N) is 1. The Morgan fingerprint density at radius 1 is 1.25 bits per heavy atom. The molecule has 1 unspecified atom stereocenters. The van der Waals surface area contributed by atoms with Crippen LogP contribution in [-0.2, 0) is 0 Å². The number of rotatable bonds is 1. The van der Waals surface area contributed by atoms with Crippen LogP contribution in [0.15, 0.2) is 35.9 Å². The zero-order chi connectivity index (χ0) is 14.4. The molecule has 100 valence electrons. The number of carbonyl (C=O) groups excluding carboxylic acids is 2. The van der Waals surface area contributed by atoms with E-state index in [0.717, 1.165) is 6.07 Å². The molecule has 0 heterocycles. The van der Waals surface area contributed by atoms with Crippen LogP contribution in [0.5, 0.6) is 0 Å². The molecule has 3 rings (SSSR count). The number of nitrogens with zero attached hydrogens (tertiary/aromatic N) is 1. The highest BCUT2D eigenvalue weighted by atomic mass is 16.6. The zero-order valence-corrected chi connectivity index (χ0v) is 10.3.